The Balaban J connectivity index is 2.19. The normalized spacial score (nSPS) is 20.5. The van der Waals surface area contributed by atoms with Crippen LogP contribution in [0.5, 0.6) is 0 Å². The van der Waals surface area contributed by atoms with Crippen LogP contribution in [0.3, 0.4) is 0 Å². The van der Waals surface area contributed by atoms with E-state index in [1.54, 1.807) is 4.90 Å². The van der Waals surface area contributed by atoms with Gasteiger partial charge < -0.3 is 20.2 Å². The number of β-amino-alcohol motifs (C(OH)–C–C–N with tert-alkyl or cyclic N) is 1. The van der Waals surface area contributed by atoms with E-state index >= 15 is 0 Å². The number of piperidine rings is 1. The van der Waals surface area contributed by atoms with Crippen LogP contribution in [0, 0.1) is 0 Å². The number of anilines is 1. The van der Waals surface area contributed by atoms with E-state index in [-0.39, 0.29) is 6.03 Å². The first-order chi connectivity index (χ1) is 12.3. The summed E-state index contributed by atoms with van der Waals surface area (Å²) < 4.78 is 0. The summed E-state index contributed by atoms with van der Waals surface area (Å²) in [6, 6.07) is 4.30. The highest BCUT2D eigenvalue weighted by Gasteiger charge is 2.35. The molecule has 1 heterocycles. The first-order valence-corrected chi connectivity index (χ1v) is 9.89. The molecule has 0 spiro atoms. The minimum atomic E-state index is -0.827. The van der Waals surface area contributed by atoms with Crippen molar-refractivity contribution in [1.29, 1.82) is 0 Å². The number of nitrogens with zero attached hydrogens (tertiary/aromatic N) is 2. The minimum absolute atomic E-state index is 0.101. The predicted molar refractivity (Wildman–Crippen MR) is 108 cm³/mol. The summed E-state index contributed by atoms with van der Waals surface area (Å²) in [6.07, 6.45) is 4.34. The van der Waals surface area contributed by atoms with Gasteiger partial charge in [0.15, 0.2) is 0 Å². The number of likely N-dealkylation sites (tertiary alicyclic amines) is 1. The Bertz CT molecular complexity index is 605. The Morgan fingerprint density at radius 3 is 2.31 bits per heavy atom. The van der Waals surface area contributed by atoms with E-state index in [0.29, 0.717) is 19.6 Å². The highest BCUT2D eigenvalue weighted by Crippen LogP contribution is 2.27. The van der Waals surface area contributed by atoms with Crippen molar-refractivity contribution in [1.82, 2.24) is 9.80 Å². The number of aliphatic hydroxyl groups is 1. The number of urea groups is 1. The van der Waals surface area contributed by atoms with Crippen LogP contribution in [0.15, 0.2) is 12.1 Å². The Kier molecular flexibility index (Phi) is 7.07. The van der Waals surface area contributed by atoms with Crippen LogP contribution >= 0.6 is 0 Å². The molecule has 1 aliphatic heterocycles. The molecule has 1 aliphatic rings. The number of aryl methyl sites for hydroxylation is 3. The molecule has 146 valence electrons. The standard InChI is InChI=1S/C21H35N3O2/c1-6-16-12-17(7-2)19(18(8-3)13-16)22-20(25)24-11-9-10-21(26,15-24)14-23(4)5/h12-13,26H,6-11,14-15H2,1-5H3,(H,22,25). The quantitative estimate of drug-likeness (QED) is 0.817. The van der Waals surface area contributed by atoms with Crippen molar-refractivity contribution in [3.05, 3.63) is 28.8 Å². The number of carbonyl (C=O) groups is 1. The van der Waals surface area contributed by atoms with E-state index in [4.69, 9.17) is 0 Å². The van der Waals surface area contributed by atoms with Crippen LogP contribution in [0.1, 0.15) is 50.3 Å². The molecule has 26 heavy (non-hydrogen) atoms. The van der Waals surface area contributed by atoms with Crippen molar-refractivity contribution in [3.63, 3.8) is 0 Å². The summed E-state index contributed by atoms with van der Waals surface area (Å²) in [5, 5.41) is 14.0. The first-order valence-electron chi connectivity index (χ1n) is 9.89. The summed E-state index contributed by atoms with van der Waals surface area (Å²) in [5.74, 6) is 0. The SMILES string of the molecule is CCc1cc(CC)c(NC(=O)N2CCCC(O)(CN(C)C)C2)c(CC)c1. The van der Waals surface area contributed by atoms with E-state index in [1.807, 2.05) is 19.0 Å². The maximum atomic E-state index is 12.9. The number of benzene rings is 1. The zero-order chi connectivity index (χ0) is 19.3. The van der Waals surface area contributed by atoms with Crippen molar-refractivity contribution in [2.24, 2.45) is 0 Å². The average Bonchev–Trinajstić information content (AvgIpc) is 2.60. The summed E-state index contributed by atoms with van der Waals surface area (Å²) in [5.41, 5.74) is 3.82. The van der Waals surface area contributed by atoms with Crippen molar-refractivity contribution in [2.45, 2.75) is 58.5 Å². The molecule has 1 aromatic carbocycles. The van der Waals surface area contributed by atoms with Crippen LogP contribution in [0.25, 0.3) is 0 Å². The molecule has 1 saturated heterocycles. The molecule has 1 aromatic rings. The van der Waals surface area contributed by atoms with Gasteiger partial charge in [-0.25, -0.2) is 4.79 Å². The molecule has 2 N–H and O–H groups in total. The van der Waals surface area contributed by atoms with Crippen LogP contribution in [-0.4, -0.2) is 60.3 Å². The van der Waals surface area contributed by atoms with Gasteiger partial charge in [0, 0.05) is 18.8 Å². The van der Waals surface area contributed by atoms with Gasteiger partial charge in [-0.3, -0.25) is 0 Å². The lowest BCUT2D eigenvalue weighted by molar-refractivity contribution is -0.0333. The zero-order valence-electron chi connectivity index (χ0n) is 17.1. The van der Waals surface area contributed by atoms with Gasteiger partial charge in [-0.2, -0.15) is 0 Å². The van der Waals surface area contributed by atoms with Crippen LogP contribution in [-0.2, 0) is 19.3 Å². The second-order valence-electron chi connectivity index (χ2n) is 7.77. The predicted octanol–water partition coefficient (Wildman–Crippen LogP) is 3.29. The molecule has 2 rings (SSSR count). The maximum Gasteiger partial charge on any atom is 0.321 e. The van der Waals surface area contributed by atoms with Gasteiger partial charge in [0.1, 0.15) is 0 Å². The molecular weight excluding hydrogens is 326 g/mol. The average molecular weight is 362 g/mol. The molecule has 5 nitrogen and oxygen atoms in total. The van der Waals surface area contributed by atoms with Gasteiger partial charge in [-0.15, -0.1) is 0 Å². The fraction of sp³-hybridized carbons (Fsp3) is 0.667. The number of hydrogen-bond acceptors (Lipinski definition) is 3. The van der Waals surface area contributed by atoms with Crippen molar-refractivity contribution < 1.29 is 9.90 Å². The lowest BCUT2D eigenvalue weighted by atomic mass is 9.92. The van der Waals surface area contributed by atoms with Crippen LogP contribution in [0.2, 0.25) is 0 Å². The van der Waals surface area contributed by atoms with E-state index in [9.17, 15) is 9.90 Å². The Labute approximate surface area is 158 Å². The Morgan fingerprint density at radius 2 is 1.81 bits per heavy atom. The van der Waals surface area contributed by atoms with Crippen LogP contribution < -0.4 is 5.32 Å². The third kappa shape index (κ3) is 4.98. The van der Waals surface area contributed by atoms with E-state index < -0.39 is 5.60 Å². The van der Waals surface area contributed by atoms with Gasteiger partial charge in [0.2, 0.25) is 0 Å². The smallest absolute Gasteiger partial charge is 0.321 e. The second kappa shape index (κ2) is 8.87. The minimum Gasteiger partial charge on any atom is -0.387 e. The largest absolute Gasteiger partial charge is 0.387 e. The molecule has 5 heteroatoms. The second-order valence-corrected chi connectivity index (χ2v) is 7.77. The van der Waals surface area contributed by atoms with Crippen molar-refractivity contribution in [3.8, 4) is 0 Å². The Hall–Kier alpha value is -1.59. The molecular formula is C21H35N3O2. The molecule has 0 radical (unpaired) electrons. The lowest BCUT2D eigenvalue weighted by Gasteiger charge is -2.40. The zero-order valence-corrected chi connectivity index (χ0v) is 17.1. The topological polar surface area (TPSA) is 55.8 Å². The van der Waals surface area contributed by atoms with E-state index in [2.05, 4.69) is 38.2 Å². The Morgan fingerprint density at radius 1 is 1.19 bits per heavy atom. The molecule has 1 unspecified atom stereocenters. The molecule has 1 fully saturated rings. The van der Waals surface area contributed by atoms with Gasteiger partial charge in [0.25, 0.3) is 0 Å². The van der Waals surface area contributed by atoms with Gasteiger partial charge >= 0.3 is 6.03 Å². The van der Waals surface area contributed by atoms with Crippen molar-refractivity contribution >= 4 is 11.7 Å². The molecule has 0 bridgehead atoms. The fourth-order valence-electron chi connectivity index (χ4n) is 3.95. The molecule has 1 atom stereocenters. The lowest BCUT2D eigenvalue weighted by Crippen LogP contribution is -2.55. The number of carbonyl (C=O) groups excluding carboxylic acids is 1. The summed E-state index contributed by atoms with van der Waals surface area (Å²) >= 11 is 0. The maximum absolute atomic E-state index is 12.9. The summed E-state index contributed by atoms with van der Waals surface area (Å²) in [4.78, 5) is 16.7. The van der Waals surface area contributed by atoms with Crippen molar-refractivity contribution in [2.75, 3.05) is 39.0 Å². The highest BCUT2D eigenvalue weighted by molar-refractivity contribution is 5.91. The van der Waals surface area contributed by atoms with E-state index in [1.165, 1.54) is 16.7 Å². The monoisotopic (exact) mass is 361 g/mol. The molecule has 0 saturated carbocycles. The van der Waals surface area contributed by atoms with Gasteiger partial charge in [-0.1, -0.05) is 32.9 Å². The number of likely N-dealkylation sites (N-methyl/N-ethyl adjacent to an activating group) is 1. The van der Waals surface area contributed by atoms with Crippen LogP contribution in [0.4, 0.5) is 10.5 Å². The summed E-state index contributed by atoms with van der Waals surface area (Å²) in [6.45, 7) is 8.06. The highest BCUT2D eigenvalue weighted by atomic mass is 16.3. The fourth-order valence-corrected chi connectivity index (χ4v) is 3.95. The molecule has 0 aromatic heterocycles. The third-order valence-electron chi connectivity index (χ3n) is 5.22. The summed E-state index contributed by atoms with van der Waals surface area (Å²) in [7, 11) is 3.90. The number of amides is 2. The third-order valence-corrected chi connectivity index (χ3v) is 5.22. The number of nitrogens with one attached hydrogen (secondary N) is 1. The molecule has 2 amide bonds. The number of hydrogen-bond donors (Lipinski definition) is 2. The first kappa shape index (κ1) is 20.7. The number of rotatable bonds is 6. The van der Waals surface area contributed by atoms with Gasteiger partial charge in [-0.05, 0) is 62.9 Å². The molecule has 0 aliphatic carbocycles. The van der Waals surface area contributed by atoms with Gasteiger partial charge in [0.05, 0.1) is 12.1 Å². The van der Waals surface area contributed by atoms with E-state index in [0.717, 1.165) is 37.8 Å².